The molecule has 0 aliphatic carbocycles. The molecule has 0 aromatic carbocycles. The topological polar surface area (TPSA) is 101 Å². The van der Waals surface area contributed by atoms with E-state index in [2.05, 4.69) is 11.9 Å². The maximum Gasteiger partial charge on any atom is 0.266 e. The van der Waals surface area contributed by atoms with Gasteiger partial charge in [0, 0.05) is 12.6 Å². The van der Waals surface area contributed by atoms with Crippen LogP contribution in [0.3, 0.4) is 0 Å². The molecule has 0 amide bonds. The molecule has 17 heavy (non-hydrogen) atoms. The van der Waals surface area contributed by atoms with Crippen molar-refractivity contribution in [2.24, 2.45) is 0 Å². The second-order valence-corrected chi connectivity index (χ2v) is 7.92. The number of hydrogen-bond donors (Lipinski definition) is 2. The summed E-state index contributed by atoms with van der Waals surface area (Å²) in [5.41, 5.74) is 0. The van der Waals surface area contributed by atoms with E-state index in [1.807, 2.05) is 0 Å². The third kappa shape index (κ3) is 4.38. The lowest BCUT2D eigenvalue weighted by Crippen LogP contribution is -2.59. The maximum atomic E-state index is 11.5. The summed E-state index contributed by atoms with van der Waals surface area (Å²) in [7, 11) is -7.03. The van der Waals surface area contributed by atoms with Gasteiger partial charge < -0.3 is 5.32 Å². The van der Waals surface area contributed by atoms with E-state index in [-0.39, 0.29) is 18.3 Å². The van der Waals surface area contributed by atoms with Crippen LogP contribution in [0.15, 0.2) is 12.7 Å². The van der Waals surface area contributed by atoms with E-state index in [0.717, 1.165) is 0 Å². The fourth-order valence-corrected chi connectivity index (χ4v) is 4.14. The SMILES string of the molecule is C=CCCC1C(NCCS(=O)(=O)O)CS1(=O)=O. The van der Waals surface area contributed by atoms with Gasteiger partial charge in [-0.3, -0.25) is 4.55 Å². The van der Waals surface area contributed by atoms with Gasteiger partial charge >= 0.3 is 0 Å². The van der Waals surface area contributed by atoms with Crippen LogP contribution >= 0.6 is 0 Å². The van der Waals surface area contributed by atoms with Crippen LogP contribution in [0.4, 0.5) is 0 Å². The van der Waals surface area contributed by atoms with Gasteiger partial charge in [0.1, 0.15) is 0 Å². The van der Waals surface area contributed by atoms with Crippen molar-refractivity contribution in [2.75, 3.05) is 18.1 Å². The normalized spacial score (nSPS) is 27.4. The molecule has 1 aliphatic heterocycles. The summed E-state index contributed by atoms with van der Waals surface area (Å²) in [6, 6.07) is -0.221. The fraction of sp³-hybridized carbons (Fsp3) is 0.778. The lowest BCUT2D eigenvalue weighted by molar-refractivity contribution is 0.439. The van der Waals surface area contributed by atoms with Crippen molar-refractivity contribution in [1.82, 2.24) is 5.32 Å². The van der Waals surface area contributed by atoms with Crippen molar-refractivity contribution >= 4 is 20.0 Å². The Morgan fingerprint density at radius 2 is 2.12 bits per heavy atom. The quantitative estimate of drug-likeness (QED) is 0.487. The Morgan fingerprint density at radius 1 is 1.47 bits per heavy atom. The van der Waals surface area contributed by atoms with Gasteiger partial charge in [0.2, 0.25) is 0 Å². The van der Waals surface area contributed by atoms with Crippen molar-refractivity contribution in [2.45, 2.75) is 24.1 Å². The van der Waals surface area contributed by atoms with E-state index in [1.54, 1.807) is 6.08 Å². The third-order valence-electron chi connectivity index (χ3n) is 2.74. The molecule has 2 N–H and O–H groups in total. The molecular formula is C9H17NO5S2. The minimum Gasteiger partial charge on any atom is -0.311 e. The zero-order valence-corrected chi connectivity index (χ0v) is 11.0. The smallest absolute Gasteiger partial charge is 0.266 e. The highest BCUT2D eigenvalue weighted by atomic mass is 32.2. The largest absolute Gasteiger partial charge is 0.311 e. The standard InChI is InChI=1S/C9H17NO5S2/c1-2-3-4-9-8(7-16(9,11)12)10-5-6-17(13,14)15/h2,8-10H,1,3-7H2,(H,13,14,15). The average Bonchev–Trinajstić information content (AvgIpc) is 2.14. The first-order valence-electron chi connectivity index (χ1n) is 5.27. The third-order valence-corrected chi connectivity index (χ3v) is 5.77. The minimum absolute atomic E-state index is 0.0281. The summed E-state index contributed by atoms with van der Waals surface area (Å²) < 4.78 is 52.4. The fourth-order valence-electron chi connectivity index (χ4n) is 1.84. The molecule has 1 aliphatic rings. The van der Waals surface area contributed by atoms with Gasteiger partial charge in [-0.15, -0.1) is 6.58 Å². The van der Waals surface area contributed by atoms with Crippen molar-refractivity contribution in [3.63, 3.8) is 0 Å². The van der Waals surface area contributed by atoms with Crippen LogP contribution in [0.1, 0.15) is 12.8 Å². The number of nitrogens with one attached hydrogen (secondary N) is 1. The van der Waals surface area contributed by atoms with Gasteiger partial charge in [-0.1, -0.05) is 6.08 Å². The van der Waals surface area contributed by atoms with Crippen molar-refractivity contribution in [3.05, 3.63) is 12.7 Å². The molecule has 0 aromatic rings. The molecule has 6 nitrogen and oxygen atoms in total. The summed E-state index contributed by atoms with van der Waals surface area (Å²) in [6.45, 7) is 3.59. The molecule has 0 radical (unpaired) electrons. The van der Waals surface area contributed by atoms with Gasteiger partial charge in [-0.2, -0.15) is 8.42 Å². The molecule has 1 heterocycles. The predicted octanol–water partition coefficient (Wildman–Crippen LogP) is -0.404. The Hall–Kier alpha value is -0.440. The molecule has 100 valence electrons. The summed E-state index contributed by atoms with van der Waals surface area (Å²) in [5, 5.41) is 2.37. The van der Waals surface area contributed by atoms with Gasteiger partial charge in [-0.05, 0) is 12.8 Å². The first-order chi connectivity index (χ1) is 7.76. The molecule has 1 fully saturated rings. The van der Waals surface area contributed by atoms with Gasteiger partial charge in [0.15, 0.2) is 9.84 Å². The Labute approximate surface area is 102 Å². The Balaban J connectivity index is 2.42. The van der Waals surface area contributed by atoms with E-state index in [9.17, 15) is 16.8 Å². The second-order valence-electron chi connectivity index (χ2n) is 4.08. The summed E-state index contributed by atoms with van der Waals surface area (Å²) in [4.78, 5) is 0. The molecule has 8 heteroatoms. The highest BCUT2D eigenvalue weighted by Crippen LogP contribution is 2.25. The van der Waals surface area contributed by atoms with Crippen LogP contribution < -0.4 is 5.32 Å². The number of hydrogen-bond acceptors (Lipinski definition) is 5. The Kier molecular flexibility index (Phi) is 4.70. The van der Waals surface area contributed by atoms with E-state index < -0.39 is 31.0 Å². The molecule has 1 saturated heterocycles. The van der Waals surface area contributed by atoms with Crippen LogP contribution in [0.2, 0.25) is 0 Å². The van der Waals surface area contributed by atoms with E-state index in [0.29, 0.717) is 12.8 Å². The number of allylic oxidation sites excluding steroid dienone is 1. The highest BCUT2D eigenvalue weighted by molar-refractivity contribution is 7.93. The predicted molar refractivity (Wildman–Crippen MR) is 65.2 cm³/mol. The molecule has 0 spiro atoms. The zero-order chi connectivity index (χ0) is 13.1. The van der Waals surface area contributed by atoms with Crippen LogP contribution in [0.5, 0.6) is 0 Å². The van der Waals surface area contributed by atoms with Crippen LogP contribution in [-0.4, -0.2) is 50.7 Å². The molecule has 0 bridgehead atoms. The molecule has 2 atom stereocenters. The van der Waals surface area contributed by atoms with Crippen molar-refractivity contribution < 1.29 is 21.4 Å². The average molecular weight is 283 g/mol. The van der Waals surface area contributed by atoms with Crippen LogP contribution in [0, 0.1) is 0 Å². The summed E-state index contributed by atoms with van der Waals surface area (Å²) >= 11 is 0. The lowest BCUT2D eigenvalue weighted by atomic mass is 10.1. The second kappa shape index (κ2) is 5.47. The van der Waals surface area contributed by atoms with Gasteiger partial charge in [0.05, 0.1) is 16.8 Å². The number of sulfone groups is 1. The van der Waals surface area contributed by atoms with E-state index in [4.69, 9.17) is 4.55 Å². The highest BCUT2D eigenvalue weighted by Gasteiger charge is 2.44. The maximum absolute atomic E-state index is 11.5. The molecule has 2 unspecified atom stereocenters. The summed E-state index contributed by atoms with van der Waals surface area (Å²) in [5.74, 6) is -0.377. The lowest BCUT2D eigenvalue weighted by Gasteiger charge is -2.36. The van der Waals surface area contributed by atoms with Crippen molar-refractivity contribution in [3.8, 4) is 0 Å². The zero-order valence-electron chi connectivity index (χ0n) is 9.37. The Morgan fingerprint density at radius 3 is 2.59 bits per heavy atom. The molecule has 1 rings (SSSR count). The van der Waals surface area contributed by atoms with Gasteiger partial charge in [-0.25, -0.2) is 8.42 Å². The molecular weight excluding hydrogens is 266 g/mol. The number of rotatable bonds is 7. The minimum atomic E-state index is -4.00. The van der Waals surface area contributed by atoms with Crippen LogP contribution in [0.25, 0.3) is 0 Å². The Bertz CT molecular complexity index is 468. The first-order valence-corrected chi connectivity index (χ1v) is 8.60. The first kappa shape index (κ1) is 14.6. The molecule has 0 saturated carbocycles. The van der Waals surface area contributed by atoms with Crippen molar-refractivity contribution in [1.29, 1.82) is 0 Å². The van der Waals surface area contributed by atoms with Crippen LogP contribution in [-0.2, 0) is 20.0 Å². The van der Waals surface area contributed by atoms with E-state index in [1.165, 1.54) is 0 Å². The van der Waals surface area contributed by atoms with E-state index >= 15 is 0 Å². The monoisotopic (exact) mass is 283 g/mol. The summed E-state index contributed by atoms with van der Waals surface area (Å²) in [6.07, 6.45) is 2.76. The van der Waals surface area contributed by atoms with Gasteiger partial charge in [0.25, 0.3) is 10.1 Å². The molecule has 0 aromatic heterocycles.